The Morgan fingerprint density at radius 2 is 1.62 bits per heavy atom. The van der Waals surface area contributed by atoms with Crippen molar-refractivity contribution in [3.8, 4) is 28.7 Å². The summed E-state index contributed by atoms with van der Waals surface area (Å²) in [6.45, 7) is 1.38. The number of carbonyl (C=O) groups excluding carboxylic acids is 1. The molecule has 0 aromatic heterocycles. The second kappa shape index (κ2) is 8.17. The number of ether oxygens (including phenoxy) is 5. The van der Waals surface area contributed by atoms with E-state index in [1.807, 2.05) is 0 Å². The lowest BCUT2D eigenvalue weighted by Crippen LogP contribution is -2.25. The van der Waals surface area contributed by atoms with E-state index in [0.29, 0.717) is 28.4 Å². The van der Waals surface area contributed by atoms with Crippen molar-refractivity contribution < 1.29 is 33.6 Å². The highest BCUT2D eigenvalue weighted by Gasteiger charge is 2.34. The molecule has 1 unspecified atom stereocenters. The second-order valence-corrected chi connectivity index (χ2v) is 6.08. The fourth-order valence-corrected chi connectivity index (χ4v) is 2.95. The first-order chi connectivity index (χ1) is 13.9. The normalized spacial score (nSPS) is 15.4. The number of carbonyl (C=O) groups is 1. The summed E-state index contributed by atoms with van der Waals surface area (Å²) in [5.41, 5.74) is 1.13. The average Bonchev–Trinajstić information content (AvgIpc) is 3.18. The average molecular weight is 402 g/mol. The third kappa shape index (κ3) is 3.71. The van der Waals surface area contributed by atoms with E-state index < -0.39 is 6.23 Å². The van der Waals surface area contributed by atoms with Gasteiger partial charge in [-0.2, -0.15) is 5.01 Å². The minimum atomic E-state index is -0.823. The number of hydrogen-bond donors (Lipinski definition) is 1. The predicted molar refractivity (Wildman–Crippen MR) is 104 cm³/mol. The molecule has 0 radical (unpaired) electrons. The molecular formula is C20H22N2O7. The van der Waals surface area contributed by atoms with Gasteiger partial charge in [-0.05, 0) is 30.3 Å². The second-order valence-electron chi connectivity index (χ2n) is 6.08. The number of nitrogens with zero attached hydrogens (tertiary/aromatic N) is 2. The molecule has 0 spiro atoms. The van der Waals surface area contributed by atoms with Crippen LogP contribution in [0.5, 0.6) is 28.7 Å². The van der Waals surface area contributed by atoms with E-state index in [1.54, 1.807) is 24.3 Å². The van der Waals surface area contributed by atoms with Gasteiger partial charge in [-0.3, -0.25) is 4.79 Å². The fourth-order valence-electron chi connectivity index (χ4n) is 2.95. The molecule has 2 aromatic rings. The predicted octanol–water partition coefficient (Wildman–Crippen LogP) is 2.67. The number of benzene rings is 2. The van der Waals surface area contributed by atoms with Crippen LogP contribution in [0, 0.1) is 0 Å². The van der Waals surface area contributed by atoms with E-state index >= 15 is 0 Å². The molecule has 9 nitrogen and oxygen atoms in total. The van der Waals surface area contributed by atoms with Crippen LogP contribution in [-0.4, -0.2) is 50.4 Å². The summed E-state index contributed by atoms with van der Waals surface area (Å²) < 4.78 is 27.2. The molecule has 0 fully saturated rings. The largest absolute Gasteiger partial charge is 0.504 e. The highest BCUT2D eigenvalue weighted by atomic mass is 16.5. The van der Waals surface area contributed by atoms with E-state index in [0.717, 1.165) is 0 Å². The molecule has 29 heavy (non-hydrogen) atoms. The highest BCUT2D eigenvalue weighted by molar-refractivity contribution is 5.97. The molecule has 9 heteroatoms. The summed E-state index contributed by atoms with van der Waals surface area (Å²) in [7, 11) is 5.96. The number of rotatable bonds is 6. The van der Waals surface area contributed by atoms with E-state index in [-0.39, 0.29) is 23.3 Å². The van der Waals surface area contributed by atoms with Crippen LogP contribution in [0.15, 0.2) is 35.4 Å². The molecule has 0 aliphatic carbocycles. The van der Waals surface area contributed by atoms with Crippen LogP contribution in [0.4, 0.5) is 0 Å². The van der Waals surface area contributed by atoms with Crippen molar-refractivity contribution in [2.45, 2.75) is 13.2 Å². The quantitative estimate of drug-likeness (QED) is 0.793. The van der Waals surface area contributed by atoms with Gasteiger partial charge in [-0.1, -0.05) is 0 Å². The molecule has 0 bridgehead atoms. The Balaban J connectivity index is 2.02. The first-order valence-corrected chi connectivity index (χ1v) is 8.65. The van der Waals surface area contributed by atoms with Crippen molar-refractivity contribution >= 4 is 11.8 Å². The fraction of sp³-hybridized carbons (Fsp3) is 0.300. The van der Waals surface area contributed by atoms with Gasteiger partial charge in [0.1, 0.15) is 0 Å². The Morgan fingerprint density at radius 1 is 1.00 bits per heavy atom. The van der Waals surface area contributed by atoms with Crippen LogP contribution in [-0.2, 0) is 9.53 Å². The van der Waals surface area contributed by atoms with Crippen molar-refractivity contribution in [3.63, 3.8) is 0 Å². The molecule has 2 aromatic carbocycles. The van der Waals surface area contributed by atoms with Crippen molar-refractivity contribution in [3.05, 3.63) is 41.5 Å². The standard InChI is InChI=1S/C20H22N2O7/c1-11(23)22-20(12-6-7-14(24)15(8-12)25-2)29-19(21-22)13-9-16(26-3)18(28-5)17(10-13)27-4/h6-10,20,24H,1-5H3. The first-order valence-electron chi connectivity index (χ1n) is 8.65. The molecule has 1 aliphatic rings. The summed E-state index contributed by atoms with van der Waals surface area (Å²) in [6.07, 6.45) is -0.823. The van der Waals surface area contributed by atoms with Crippen LogP contribution in [0.1, 0.15) is 24.3 Å². The maximum Gasteiger partial charge on any atom is 0.243 e. The lowest BCUT2D eigenvalue weighted by molar-refractivity contribution is -0.135. The monoisotopic (exact) mass is 402 g/mol. The minimum absolute atomic E-state index is 0.0191. The van der Waals surface area contributed by atoms with Gasteiger partial charge in [-0.15, -0.1) is 5.10 Å². The zero-order valence-corrected chi connectivity index (χ0v) is 16.8. The number of phenolic OH excluding ortho intramolecular Hbond substituents is 1. The lowest BCUT2D eigenvalue weighted by atomic mass is 10.1. The third-order valence-corrected chi connectivity index (χ3v) is 4.37. The summed E-state index contributed by atoms with van der Waals surface area (Å²) in [6, 6.07) is 8.04. The smallest absolute Gasteiger partial charge is 0.243 e. The van der Waals surface area contributed by atoms with Crippen LogP contribution in [0.25, 0.3) is 0 Å². The zero-order valence-electron chi connectivity index (χ0n) is 16.8. The van der Waals surface area contributed by atoms with Gasteiger partial charge in [0.05, 0.1) is 28.4 Å². The van der Waals surface area contributed by atoms with Gasteiger partial charge in [0.2, 0.25) is 23.8 Å². The summed E-state index contributed by atoms with van der Waals surface area (Å²) in [5, 5.41) is 15.4. The van der Waals surface area contributed by atoms with Gasteiger partial charge >= 0.3 is 0 Å². The molecule has 154 valence electrons. The van der Waals surface area contributed by atoms with Gasteiger partial charge in [0, 0.05) is 18.1 Å². The van der Waals surface area contributed by atoms with E-state index in [2.05, 4.69) is 5.10 Å². The molecule has 0 saturated carbocycles. The number of amides is 1. The van der Waals surface area contributed by atoms with E-state index in [1.165, 1.54) is 46.4 Å². The number of hydrogen-bond acceptors (Lipinski definition) is 8. The Morgan fingerprint density at radius 3 is 2.14 bits per heavy atom. The summed E-state index contributed by atoms with van der Waals surface area (Å²) in [5.74, 6) is 1.42. The van der Waals surface area contributed by atoms with Crippen LogP contribution >= 0.6 is 0 Å². The Kier molecular flexibility index (Phi) is 5.67. The molecular weight excluding hydrogens is 380 g/mol. The minimum Gasteiger partial charge on any atom is -0.504 e. The maximum atomic E-state index is 12.2. The first kappa shape index (κ1) is 20.1. The Hall–Kier alpha value is -3.62. The van der Waals surface area contributed by atoms with Crippen LogP contribution in [0.2, 0.25) is 0 Å². The number of hydrazone groups is 1. The summed E-state index contributed by atoms with van der Waals surface area (Å²) >= 11 is 0. The van der Waals surface area contributed by atoms with Gasteiger partial charge < -0.3 is 28.8 Å². The molecule has 1 N–H and O–H groups in total. The van der Waals surface area contributed by atoms with E-state index in [9.17, 15) is 9.90 Å². The molecule has 1 heterocycles. The Labute approximate surface area is 168 Å². The molecule has 1 amide bonds. The molecule has 0 saturated heterocycles. The van der Waals surface area contributed by atoms with Crippen molar-refractivity contribution in [2.75, 3.05) is 28.4 Å². The summed E-state index contributed by atoms with van der Waals surface area (Å²) in [4.78, 5) is 12.2. The van der Waals surface area contributed by atoms with E-state index in [4.69, 9.17) is 23.7 Å². The number of methoxy groups -OCH3 is 4. The van der Waals surface area contributed by atoms with Gasteiger partial charge in [-0.25, -0.2) is 0 Å². The van der Waals surface area contributed by atoms with Crippen LogP contribution < -0.4 is 18.9 Å². The van der Waals surface area contributed by atoms with Gasteiger partial charge in [0.15, 0.2) is 23.0 Å². The maximum absolute atomic E-state index is 12.2. The third-order valence-electron chi connectivity index (χ3n) is 4.37. The highest BCUT2D eigenvalue weighted by Crippen LogP contribution is 2.40. The number of phenols is 1. The van der Waals surface area contributed by atoms with Crippen molar-refractivity contribution in [2.24, 2.45) is 5.10 Å². The van der Waals surface area contributed by atoms with Crippen molar-refractivity contribution in [1.82, 2.24) is 5.01 Å². The van der Waals surface area contributed by atoms with Crippen LogP contribution in [0.3, 0.4) is 0 Å². The Bertz CT molecular complexity index is 933. The molecule has 1 atom stereocenters. The lowest BCUT2D eigenvalue weighted by Gasteiger charge is -2.20. The topological polar surface area (TPSA) is 99.1 Å². The SMILES string of the molecule is COc1cc(C2OC(c3cc(OC)c(OC)c(OC)c3)=NN2C(C)=O)ccc1O. The molecule has 3 rings (SSSR count). The van der Waals surface area contributed by atoms with Crippen molar-refractivity contribution in [1.29, 1.82) is 0 Å². The zero-order chi connectivity index (χ0) is 21.1. The number of aromatic hydroxyl groups is 1. The van der Waals surface area contributed by atoms with Gasteiger partial charge in [0.25, 0.3) is 0 Å². The molecule has 1 aliphatic heterocycles.